The van der Waals surface area contributed by atoms with Crippen LogP contribution in [-0.2, 0) is 36.3 Å². The summed E-state index contributed by atoms with van der Waals surface area (Å²) in [5, 5.41) is 6.89. The quantitative estimate of drug-likeness (QED) is 0.271. The lowest BCUT2D eigenvalue weighted by atomic mass is 10.0. The fourth-order valence-electron chi connectivity index (χ4n) is 6.36. The van der Waals surface area contributed by atoms with E-state index in [-0.39, 0.29) is 18.3 Å². The molecule has 1 N–H and O–H groups in total. The van der Waals surface area contributed by atoms with Crippen molar-refractivity contribution in [1.82, 2.24) is 33.9 Å². The summed E-state index contributed by atoms with van der Waals surface area (Å²) in [6.07, 6.45) is 9.33. The summed E-state index contributed by atoms with van der Waals surface area (Å²) >= 11 is 0. The number of amides is 2. The monoisotopic (exact) mass is 665 g/mol. The first-order valence-electron chi connectivity index (χ1n) is 16.3. The number of hydrogen-bond donors (Lipinski definition) is 1. The van der Waals surface area contributed by atoms with E-state index in [9.17, 15) is 9.59 Å². The highest BCUT2D eigenvalue weighted by Crippen LogP contribution is 2.26. The summed E-state index contributed by atoms with van der Waals surface area (Å²) < 4.78 is 15.8. The van der Waals surface area contributed by atoms with Crippen LogP contribution in [0.25, 0.3) is 22.6 Å². The molecule has 0 fully saturated rings. The minimum Gasteiger partial charge on any atom is -0.492 e. The minimum atomic E-state index is -0.250. The van der Waals surface area contributed by atoms with Crippen molar-refractivity contribution in [2.24, 2.45) is 7.05 Å². The van der Waals surface area contributed by atoms with E-state index < -0.39 is 0 Å². The van der Waals surface area contributed by atoms with Crippen molar-refractivity contribution in [2.75, 3.05) is 32.8 Å². The molecule has 0 saturated heterocycles. The van der Waals surface area contributed by atoms with Crippen LogP contribution in [0.2, 0.25) is 0 Å². The number of benzene rings is 2. The number of aryl methyl sites for hydroxylation is 2. The summed E-state index contributed by atoms with van der Waals surface area (Å²) in [5.41, 5.74) is 5.49. The van der Waals surface area contributed by atoms with Gasteiger partial charge in [0.25, 0.3) is 18.3 Å². The fourth-order valence-corrected chi connectivity index (χ4v) is 6.36. The van der Waals surface area contributed by atoms with Gasteiger partial charge in [-0.15, -0.1) is 0 Å². The Bertz CT molecular complexity index is 1940. The molecular weight excluding hydrogens is 626 g/mol. The number of hydrogen-bond acceptors (Lipinski definition) is 8. The van der Waals surface area contributed by atoms with Crippen LogP contribution < -0.4 is 4.74 Å². The lowest BCUT2D eigenvalue weighted by Gasteiger charge is -2.26. The number of pyridine rings is 1. The van der Waals surface area contributed by atoms with E-state index in [4.69, 9.17) is 19.4 Å². The maximum absolute atomic E-state index is 14.0. The third-order valence-corrected chi connectivity index (χ3v) is 8.78. The fraction of sp³-hybridized carbons (Fsp3) is 0.333. The topological polar surface area (TPSA) is 145 Å². The van der Waals surface area contributed by atoms with Crippen LogP contribution in [0.1, 0.15) is 51.1 Å². The molecule has 0 spiro atoms. The van der Waals surface area contributed by atoms with Gasteiger partial charge < -0.3 is 33.5 Å². The molecule has 0 radical (unpaired) electrons. The Morgan fingerprint density at radius 2 is 1.59 bits per heavy atom. The number of nitrogens with zero attached hydrogens (tertiary/aromatic N) is 7. The van der Waals surface area contributed by atoms with Crippen molar-refractivity contribution in [2.45, 2.75) is 39.0 Å². The van der Waals surface area contributed by atoms with Crippen molar-refractivity contribution in [3.63, 3.8) is 0 Å². The number of imidazole rings is 2. The zero-order valence-corrected chi connectivity index (χ0v) is 27.4. The zero-order chi connectivity index (χ0) is 34.2. The van der Waals surface area contributed by atoms with Gasteiger partial charge in [-0.1, -0.05) is 24.3 Å². The van der Waals surface area contributed by atoms with Crippen LogP contribution in [0.15, 0.2) is 73.4 Å². The maximum atomic E-state index is 14.0. The molecule has 0 atom stereocenters. The highest BCUT2D eigenvalue weighted by Gasteiger charge is 2.25. The SMILES string of the molecule is Cn1cnc2c(C(=O)N3CCCCN(C(=O)c4cccc5c4COC5)CCOc4cccc(c4)-c4nccn4CCC3)ccnc21.O=CO. The average molecular weight is 666 g/mol. The van der Waals surface area contributed by atoms with Gasteiger partial charge in [-0.3, -0.25) is 14.4 Å². The first-order chi connectivity index (χ1) is 24.0. The second-order valence-electron chi connectivity index (χ2n) is 11.9. The highest BCUT2D eigenvalue weighted by atomic mass is 16.5. The lowest BCUT2D eigenvalue weighted by Crippen LogP contribution is -2.37. The van der Waals surface area contributed by atoms with E-state index >= 15 is 0 Å². The van der Waals surface area contributed by atoms with E-state index in [1.165, 1.54) is 0 Å². The number of carbonyl (C=O) groups is 3. The van der Waals surface area contributed by atoms with Gasteiger partial charge >= 0.3 is 0 Å². The Morgan fingerprint density at radius 1 is 0.837 bits per heavy atom. The normalized spacial score (nSPS) is 15.3. The molecule has 0 aliphatic carbocycles. The second-order valence-corrected chi connectivity index (χ2v) is 11.9. The van der Waals surface area contributed by atoms with E-state index in [2.05, 4.69) is 19.5 Å². The molecule has 49 heavy (non-hydrogen) atoms. The summed E-state index contributed by atoms with van der Waals surface area (Å²) in [6, 6.07) is 15.5. The Balaban J connectivity index is 0.00000134. The van der Waals surface area contributed by atoms with Crippen LogP contribution in [0.5, 0.6) is 5.75 Å². The average Bonchev–Trinajstić information content (AvgIpc) is 3.88. The number of fused-ring (bicyclic) bond motifs is 6. The van der Waals surface area contributed by atoms with Gasteiger partial charge in [0.1, 0.15) is 23.7 Å². The molecule has 7 rings (SSSR count). The zero-order valence-electron chi connectivity index (χ0n) is 27.4. The maximum Gasteiger partial charge on any atom is 0.290 e. The van der Waals surface area contributed by atoms with Crippen molar-refractivity contribution in [1.29, 1.82) is 0 Å². The van der Waals surface area contributed by atoms with Gasteiger partial charge in [0.2, 0.25) is 0 Å². The van der Waals surface area contributed by atoms with E-state index in [1.807, 2.05) is 70.1 Å². The molecule has 2 aromatic carbocycles. The van der Waals surface area contributed by atoms with Crippen molar-refractivity contribution in [3.8, 4) is 17.1 Å². The van der Waals surface area contributed by atoms with Crippen molar-refractivity contribution < 1.29 is 29.0 Å². The number of ether oxygens (including phenoxy) is 2. The molecule has 2 bridgehead atoms. The Labute approximate surface area is 283 Å². The third-order valence-electron chi connectivity index (χ3n) is 8.78. The minimum absolute atomic E-state index is 0.0260. The van der Waals surface area contributed by atoms with Gasteiger partial charge in [0.15, 0.2) is 5.65 Å². The predicted molar refractivity (Wildman–Crippen MR) is 181 cm³/mol. The molecule has 3 aromatic heterocycles. The Kier molecular flexibility index (Phi) is 10.6. The van der Waals surface area contributed by atoms with Crippen molar-refractivity contribution in [3.05, 3.63) is 95.7 Å². The van der Waals surface area contributed by atoms with Crippen LogP contribution in [0.3, 0.4) is 0 Å². The molecule has 5 aromatic rings. The Morgan fingerprint density at radius 3 is 2.43 bits per heavy atom. The smallest absolute Gasteiger partial charge is 0.290 e. The van der Waals surface area contributed by atoms with Gasteiger partial charge in [-0.05, 0) is 54.7 Å². The van der Waals surface area contributed by atoms with E-state index in [0.29, 0.717) is 74.8 Å². The summed E-state index contributed by atoms with van der Waals surface area (Å²) in [5.74, 6) is 1.48. The van der Waals surface area contributed by atoms with E-state index in [1.54, 1.807) is 24.8 Å². The number of rotatable bonds is 2. The molecule has 13 heteroatoms. The lowest BCUT2D eigenvalue weighted by molar-refractivity contribution is -0.122. The predicted octanol–water partition coefficient (Wildman–Crippen LogP) is 4.41. The van der Waals surface area contributed by atoms with Gasteiger partial charge in [-0.25, -0.2) is 15.0 Å². The molecular formula is C36H39N7O6. The molecule has 5 heterocycles. The summed E-state index contributed by atoms with van der Waals surface area (Å²) in [7, 11) is 1.87. The van der Waals surface area contributed by atoms with E-state index in [0.717, 1.165) is 47.5 Å². The van der Waals surface area contributed by atoms with Crippen molar-refractivity contribution >= 4 is 29.5 Å². The summed E-state index contributed by atoms with van der Waals surface area (Å²) in [6.45, 7) is 3.87. The number of carboxylic acid groups (broad SMARTS) is 1. The standard InChI is InChI=1S/C35H37N7O4.CH2O2/c1-39-24-38-31-29(11-12-36-33(31)39)35(44)41-14-2-3-15-42(34(43)28-10-5-8-26-22-45-23-30(26)28)19-20-46-27-9-4-7-25(21-27)32-37-13-18-40(32)16-6-17-41;2-1-3/h4-5,7-13,18,21,24H,2-3,6,14-17,19-20,22-23H2,1H3;1H,(H,2,3). The van der Waals surface area contributed by atoms with Gasteiger partial charge in [0, 0.05) is 62.9 Å². The van der Waals surface area contributed by atoms with Crippen LogP contribution in [-0.4, -0.2) is 90.1 Å². The molecule has 0 saturated carbocycles. The van der Waals surface area contributed by atoms with Crippen LogP contribution in [0.4, 0.5) is 0 Å². The highest BCUT2D eigenvalue weighted by molar-refractivity contribution is 6.04. The number of aromatic nitrogens is 5. The molecule has 13 nitrogen and oxygen atoms in total. The molecule has 0 unspecified atom stereocenters. The molecule has 2 aliphatic rings. The van der Waals surface area contributed by atoms with Crippen LogP contribution in [0, 0.1) is 0 Å². The molecule has 254 valence electrons. The molecule has 2 aliphatic heterocycles. The Hall–Kier alpha value is -5.56. The summed E-state index contributed by atoms with van der Waals surface area (Å²) in [4.78, 5) is 53.6. The van der Waals surface area contributed by atoms with Crippen LogP contribution >= 0.6 is 0 Å². The first kappa shape index (κ1) is 33.3. The number of carbonyl (C=O) groups excluding carboxylic acids is 2. The largest absolute Gasteiger partial charge is 0.492 e. The first-order valence-corrected chi connectivity index (χ1v) is 16.3. The third kappa shape index (κ3) is 7.46. The second kappa shape index (κ2) is 15.6. The van der Waals surface area contributed by atoms with Gasteiger partial charge in [-0.2, -0.15) is 0 Å². The van der Waals surface area contributed by atoms with Gasteiger partial charge in [0.05, 0.1) is 31.6 Å². The molecule has 2 amide bonds.